The van der Waals surface area contributed by atoms with Gasteiger partial charge in [-0.3, -0.25) is 4.79 Å². The summed E-state index contributed by atoms with van der Waals surface area (Å²) in [6.07, 6.45) is 5.09. The van der Waals surface area contributed by atoms with Gasteiger partial charge in [0.1, 0.15) is 12.3 Å². The maximum absolute atomic E-state index is 12.2. The molecule has 0 aromatic heterocycles. The Morgan fingerprint density at radius 2 is 2.00 bits per heavy atom. The molecule has 1 atom stereocenters. The Morgan fingerprint density at radius 3 is 2.69 bits per heavy atom. The Kier molecular flexibility index (Phi) is 9.77. The molecule has 1 aromatic rings. The summed E-state index contributed by atoms with van der Waals surface area (Å²) in [5.41, 5.74) is 0.765. The van der Waals surface area contributed by atoms with Gasteiger partial charge in [0.05, 0.1) is 12.2 Å². The van der Waals surface area contributed by atoms with Crippen LogP contribution in [0.4, 0.5) is 0 Å². The fraction of sp³-hybridized carbons (Fsp3) is 0.636. The average molecular weight is 405 g/mol. The standard InChI is InChI=1S/C22H36N4O3/c1-4-23-22(25-15-21(28)26-18-10-6-5-7-11-18)24-14-20(27)17-9-8-12-19(13-17)29-16(2)3/h8-9,12-13,16,18,20,27H,4-7,10-11,14-15H2,1-3H3,(H,26,28)(H2,23,24,25). The van der Waals surface area contributed by atoms with Crippen LogP contribution in [0.5, 0.6) is 5.75 Å². The molecule has 1 aromatic carbocycles. The van der Waals surface area contributed by atoms with Crippen molar-refractivity contribution in [1.82, 2.24) is 16.0 Å². The number of carbonyl (C=O) groups is 1. The Labute approximate surface area is 174 Å². The first kappa shape index (κ1) is 23.0. The second-order valence-electron chi connectivity index (χ2n) is 7.73. The molecule has 0 bridgehead atoms. The Bertz CT molecular complexity index is 657. The van der Waals surface area contributed by atoms with E-state index in [4.69, 9.17) is 4.74 Å². The van der Waals surface area contributed by atoms with Gasteiger partial charge in [-0.15, -0.1) is 0 Å². The summed E-state index contributed by atoms with van der Waals surface area (Å²) in [7, 11) is 0. The number of aliphatic hydroxyl groups is 1. The zero-order valence-corrected chi connectivity index (χ0v) is 17.9. The van der Waals surface area contributed by atoms with Crippen LogP contribution < -0.4 is 20.7 Å². The Hall–Kier alpha value is -2.28. The second-order valence-corrected chi connectivity index (χ2v) is 7.73. The molecule has 0 aliphatic heterocycles. The van der Waals surface area contributed by atoms with Gasteiger partial charge in [0.25, 0.3) is 0 Å². The molecule has 162 valence electrons. The Balaban J connectivity index is 1.85. The summed E-state index contributed by atoms with van der Waals surface area (Å²) in [5.74, 6) is 1.18. The van der Waals surface area contributed by atoms with Gasteiger partial charge in [-0.1, -0.05) is 31.4 Å². The molecule has 29 heavy (non-hydrogen) atoms. The number of aliphatic imine (C=N–C) groups is 1. The van der Waals surface area contributed by atoms with Crippen molar-refractivity contribution < 1.29 is 14.6 Å². The number of nitrogens with zero attached hydrogens (tertiary/aromatic N) is 1. The predicted octanol–water partition coefficient (Wildman–Crippen LogP) is 2.51. The molecule has 1 aliphatic carbocycles. The minimum atomic E-state index is -0.717. The van der Waals surface area contributed by atoms with E-state index in [-0.39, 0.29) is 31.1 Å². The van der Waals surface area contributed by atoms with E-state index < -0.39 is 6.10 Å². The van der Waals surface area contributed by atoms with Crippen LogP contribution in [-0.2, 0) is 4.79 Å². The predicted molar refractivity (Wildman–Crippen MR) is 116 cm³/mol. The molecule has 0 radical (unpaired) electrons. The van der Waals surface area contributed by atoms with Gasteiger partial charge in [-0.2, -0.15) is 0 Å². The average Bonchev–Trinajstić information content (AvgIpc) is 2.70. The molecule has 1 aliphatic rings. The molecular weight excluding hydrogens is 368 g/mol. The topological polar surface area (TPSA) is 95.0 Å². The van der Waals surface area contributed by atoms with Gasteiger partial charge in [0.2, 0.25) is 5.91 Å². The highest BCUT2D eigenvalue weighted by molar-refractivity contribution is 5.85. The van der Waals surface area contributed by atoms with Gasteiger partial charge in [0, 0.05) is 19.1 Å². The van der Waals surface area contributed by atoms with E-state index in [1.165, 1.54) is 19.3 Å². The van der Waals surface area contributed by atoms with E-state index in [2.05, 4.69) is 20.9 Å². The van der Waals surface area contributed by atoms with E-state index in [0.29, 0.717) is 12.5 Å². The van der Waals surface area contributed by atoms with Crippen molar-refractivity contribution in [2.45, 2.75) is 71.1 Å². The lowest BCUT2D eigenvalue weighted by molar-refractivity contribution is -0.120. The molecule has 0 saturated heterocycles. The molecule has 1 amide bonds. The minimum Gasteiger partial charge on any atom is -0.491 e. The molecular formula is C22H36N4O3. The second kappa shape index (κ2) is 12.3. The quantitative estimate of drug-likeness (QED) is 0.375. The molecule has 1 fully saturated rings. The summed E-state index contributed by atoms with van der Waals surface area (Å²) in [6.45, 7) is 6.91. The highest BCUT2D eigenvalue weighted by Crippen LogP contribution is 2.20. The number of nitrogens with one attached hydrogen (secondary N) is 3. The first-order valence-corrected chi connectivity index (χ1v) is 10.7. The third-order valence-electron chi connectivity index (χ3n) is 4.77. The summed E-state index contributed by atoms with van der Waals surface area (Å²) in [6, 6.07) is 7.73. The van der Waals surface area contributed by atoms with E-state index in [1.54, 1.807) is 0 Å². The summed E-state index contributed by atoms with van der Waals surface area (Å²) in [4.78, 5) is 16.5. The number of hydrogen-bond acceptors (Lipinski definition) is 4. The lowest BCUT2D eigenvalue weighted by Crippen LogP contribution is -2.41. The molecule has 2 rings (SSSR count). The third kappa shape index (κ3) is 8.73. The zero-order valence-electron chi connectivity index (χ0n) is 17.9. The lowest BCUT2D eigenvalue weighted by Gasteiger charge is -2.22. The maximum Gasteiger partial charge on any atom is 0.242 e. The number of hydrogen-bond donors (Lipinski definition) is 4. The smallest absolute Gasteiger partial charge is 0.242 e. The maximum atomic E-state index is 12.2. The van der Waals surface area contributed by atoms with E-state index in [9.17, 15) is 9.90 Å². The summed E-state index contributed by atoms with van der Waals surface area (Å²) >= 11 is 0. The SMILES string of the molecule is CCNC(=NCC(=O)NC1CCCCC1)NCC(O)c1cccc(OC(C)C)c1. The molecule has 0 spiro atoms. The van der Waals surface area contributed by atoms with Crippen molar-refractivity contribution in [2.24, 2.45) is 4.99 Å². The van der Waals surface area contributed by atoms with Crippen molar-refractivity contribution in [3.05, 3.63) is 29.8 Å². The molecule has 1 unspecified atom stereocenters. The first-order valence-electron chi connectivity index (χ1n) is 10.7. The number of benzene rings is 1. The van der Waals surface area contributed by atoms with E-state index >= 15 is 0 Å². The van der Waals surface area contributed by atoms with Crippen molar-refractivity contribution in [3.8, 4) is 5.75 Å². The van der Waals surface area contributed by atoms with E-state index in [0.717, 1.165) is 24.2 Å². The highest BCUT2D eigenvalue weighted by Gasteiger charge is 2.15. The van der Waals surface area contributed by atoms with Crippen molar-refractivity contribution >= 4 is 11.9 Å². The molecule has 4 N–H and O–H groups in total. The third-order valence-corrected chi connectivity index (χ3v) is 4.77. The molecule has 7 nitrogen and oxygen atoms in total. The normalized spacial score (nSPS) is 16.4. The molecule has 7 heteroatoms. The van der Waals surface area contributed by atoms with Crippen LogP contribution in [-0.4, -0.2) is 48.8 Å². The fourth-order valence-corrected chi connectivity index (χ4v) is 3.39. The van der Waals surface area contributed by atoms with Gasteiger partial charge < -0.3 is 25.8 Å². The first-order chi connectivity index (χ1) is 14.0. The van der Waals surface area contributed by atoms with Crippen LogP contribution in [0.2, 0.25) is 0 Å². The number of rotatable bonds is 9. The van der Waals surface area contributed by atoms with Gasteiger partial charge >= 0.3 is 0 Å². The number of amides is 1. The number of ether oxygens (including phenoxy) is 1. The highest BCUT2D eigenvalue weighted by atomic mass is 16.5. The molecule has 1 saturated carbocycles. The van der Waals surface area contributed by atoms with Crippen molar-refractivity contribution in [1.29, 1.82) is 0 Å². The number of carbonyl (C=O) groups excluding carboxylic acids is 1. The monoisotopic (exact) mass is 404 g/mol. The lowest BCUT2D eigenvalue weighted by atomic mass is 9.95. The van der Waals surface area contributed by atoms with Crippen LogP contribution in [0, 0.1) is 0 Å². The largest absolute Gasteiger partial charge is 0.491 e. The summed E-state index contributed by atoms with van der Waals surface area (Å²) in [5, 5.41) is 19.8. The van der Waals surface area contributed by atoms with Crippen LogP contribution in [0.15, 0.2) is 29.3 Å². The van der Waals surface area contributed by atoms with Crippen LogP contribution in [0.3, 0.4) is 0 Å². The fourth-order valence-electron chi connectivity index (χ4n) is 3.39. The number of guanidine groups is 1. The van der Waals surface area contributed by atoms with Crippen LogP contribution in [0.25, 0.3) is 0 Å². The van der Waals surface area contributed by atoms with Crippen LogP contribution >= 0.6 is 0 Å². The molecule has 0 heterocycles. The number of aliphatic hydroxyl groups excluding tert-OH is 1. The Morgan fingerprint density at radius 1 is 1.24 bits per heavy atom. The van der Waals surface area contributed by atoms with Crippen LogP contribution in [0.1, 0.15) is 64.5 Å². The van der Waals surface area contributed by atoms with Crippen molar-refractivity contribution in [3.63, 3.8) is 0 Å². The van der Waals surface area contributed by atoms with Gasteiger partial charge in [-0.05, 0) is 51.3 Å². The summed E-state index contributed by atoms with van der Waals surface area (Å²) < 4.78 is 5.68. The van der Waals surface area contributed by atoms with Crippen molar-refractivity contribution in [2.75, 3.05) is 19.6 Å². The minimum absolute atomic E-state index is 0.0619. The van der Waals surface area contributed by atoms with E-state index in [1.807, 2.05) is 45.0 Å². The van der Waals surface area contributed by atoms with Gasteiger partial charge in [0.15, 0.2) is 5.96 Å². The van der Waals surface area contributed by atoms with Gasteiger partial charge in [-0.25, -0.2) is 4.99 Å². The zero-order chi connectivity index (χ0) is 21.1.